The Balaban J connectivity index is 2.28. The number of alkyl halides is 1. The van der Waals surface area contributed by atoms with Crippen molar-refractivity contribution in [2.24, 2.45) is 0 Å². The zero-order valence-corrected chi connectivity index (χ0v) is 8.52. The number of nitrogens with one attached hydrogen (secondary N) is 1. The molecule has 1 aliphatic rings. The largest absolute Gasteiger partial charge is 0.316 e. The molecule has 4 heteroatoms. The van der Waals surface area contributed by atoms with Gasteiger partial charge >= 0.3 is 0 Å². The first-order valence-corrected chi connectivity index (χ1v) is 5.09. The highest BCUT2D eigenvalue weighted by atomic mass is 35.5. The molecule has 1 aromatic heterocycles. The third-order valence-corrected chi connectivity index (χ3v) is 2.83. The van der Waals surface area contributed by atoms with E-state index >= 15 is 0 Å². The second-order valence-electron chi connectivity index (χ2n) is 3.61. The average Bonchev–Trinajstić information content (AvgIpc) is 2.19. The van der Waals surface area contributed by atoms with Crippen LogP contribution in [-0.4, -0.2) is 18.1 Å². The summed E-state index contributed by atoms with van der Waals surface area (Å²) in [5, 5.41) is 3.63. The minimum absolute atomic E-state index is 0.495. The number of hydrogen-bond acceptors (Lipinski definition) is 2. The Morgan fingerprint density at radius 3 is 2.71 bits per heavy atom. The van der Waals surface area contributed by atoms with Gasteiger partial charge in [-0.2, -0.15) is 0 Å². The summed E-state index contributed by atoms with van der Waals surface area (Å²) in [5.41, 5.74) is -0.644. The first-order chi connectivity index (χ1) is 6.71. The van der Waals surface area contributed by atoms with Crippen molar-refractivity contribution in [1.82, 2.24) is 10.3 Å². The van der Waals surface area contributed by atoms with Crippen molar-refractivity contribution in [3.63, 3.8) is 0 Å². The van der Waals surface area contributed by atoms with Gasteiger partial charge in [-0.25, -0.2) is 4.39 Å². The predicted octanol–water partition coefficient (Wildman–Crippen LogP) is 2.28. The molecule has 76 valence electrons. The van der Waals surface area contributed by atoms with Crippen LogP contribution in [0.4, 0.5) is 4.39 Å². The molecule has 1 saturated heterocycles. The van der Waals surface area contributed by atoms with Crippen LogP contribution < -0.4 is 5.32 Å². The van der Waals surface area contributed by atoms with Crippen LogP contribution in [0, 0.1) is 0 Å². The molecular formula is C10H12ClFN2. The molecule has 0 bridgehead atoms. The molecule has 0 aliphatic carbocycles. The predicted molar refractivity (Wildman–Crippen MR) is 54.1 cm³/mol. The van der Waals surface area contributed by atoms with Crippen LogP contribution in [-0.2, 0) is 5.67 Å². The summed E-state index contributed by atoms with van der Waals surface area (Å²) in [6.45, 7) is 1.42. The number of aromatic nitrogens is 1. The summed E-state index contributed by atoms with van der Waals surface area (Å²) in [4.78, 5) is 3.91. The highest BCUT2D eigenvalue weighted by molar-refractivity contribution is 6.30. The molecule has 0 spiro atoms. The van der Waals surface area contributed by atoms with Crippen molar-refractivity contribution in [1.29, 1.82) is 0 Å². The van der Waals surface area contributed by atoms with E-state index in [1.807, 2.05) is 0 Å². The fourth-order valence-electron chi connectivity index (χ4n) is 1.77. The lowest BCUT2D eigenvalue weighted by atomic mass is 9.88. The summed E-state index contributed by atoms with van der Waals surface area (Å²) in [7, 11) is 0. The van der Waals surface area contributed by atoms with E-state index in [2.05, 4.69) is 10.3 Å². The first kappa shape index (κ1) is 9.87. The zero-order chi connectivity index (χ0) is 10.0. The lowest BCUT2D eigenvalue weighted by molar-refractivity contribution is 0.115. The maximum Gasteiger partial charge on any atom is 0.140 e. The molecule has 2 heterocycles. The van der Waals surface area contributed by atoms with Crippen molar-refractivity contribution >= 4 is 11.6 Å². The van der Waals surface area contributed by atoms with Crippen molar-refractivity contribution in [3.05, 3.63) is 29.0 Å². The molecule has 2 nitrogen and oxygen atoms in total. The Morgan fingerprint density at radius 2 is 2.07 bits per heavy atom. The average molecular weight is 215 g/mol. The minimum atomic E-state index is -1.25. The van der Waals surface area contributed by atoms with Crippen molar-refractivity contribution < 1.29 is 4.39 Å². The van der Waals surface area contributed by atoms with E-state index in [0.717, 1.165) is 0 Å². The maximum absolute atomic E-state index is 14.3. The highest BCUT2D eigenvalue weighted by Crippen LogP contribution is 2.35. The number of piperidine rings is 1. The van der Waals surface area contributed by atoms with E-state index in [1.165, 1.54) is 6.20 Å². The van der Waals surface area contributed by atoms with Crippen LogP contribution in [0.3, 0.4) is 0 Å². The van der Waals surface area contributed by atoms with E-state index in [-0.39, 0.29) is 0 Å². The van der Waals surface area contributed by atoms with Crippen LogP contribution in [0.2, 0.25) is 5.02 Å². The summed E-state index contributed by atoms with van der Waals surface area (Å²) in [5.74, 6) is 0. The quantitative estimate of drug-likeness (QED) is 0.776. The molecular weight excluding hydrogens is 203 g/mol. The number of nitrogens with zero attached hydrogens (tertiary/aromatic N) is 1. The molecule has 0 saturated carbocycles. The van der Waals surface area contributed by atoms with Crippen molar-refractivity contribution in [2.75, 3.05) is 13.1 Å². The second kappa shape index (κ2) is 3.83. The van der Waals surface area contributed by atoms with Gasteiger partial charge in [0.25, 0.3) is 0 Å². The van der Waals surface area contributed by atoms with E-state index in [4.69, 9.17) is 11.6 Å². The minimum Gasteiger partial charge on any atom is -0.316 e. The zero-order valence-electron chi connectivity index (χ0n) is 7.76. The molecule has 0 amide bonds. The SMILES string of the molecule is FC1(c2cncc(Cl)c2)CCNCC1. The van der Waals surface area contributed by atoms with E-state index < -0.39 is 5.67 Å². The maximum atomic E-state index is 14.3. The second-order valence-corrected chi connectivity index (χ2v) is 4.04. The molecule has 2 rings (SSSR count). The van der Waals surface area contributed by atoms with E-state index in [0.29, 0.717) is 36.5 Å². The van der Waals surface area contributed by atoms with Crippen molar-refractivity contribution in [2.45, 2.75) is 18.5 Å². The number of hydrogen-bond donors (Lipinski definition) is 1. The van der Waals surface area contributed by atoms with Gasteiger partial charge in [0.2, 0.25) is 0 Å². The van der Waals surface area contributed by atoms with Gasteiger partial charge in [0.1, 0.15) is 5.67 Å². The summed E-state index contributed by atoms with van der Waals surface area (Å²) in [6.07, 6.45) is 4.08. The molecule has 14 heavy (non-hydrogen) atoms. The Bertz CT molecular complexity index is 324. The van der Waals surface area contributed by atoms with Crippen LogP contribution in [0.5, 0.6) is 0 Å². The number of pyridine rings is 1. The fourth-order valence-corrected chi connectivity index (χ4v) is 1.94. The molecule has 1 fully saturated rings. The summed E-state index contributed by atoms with van der Waals surface area (Å²) in [6, 6.07) is 1.67. The lowest BCUT2D eigenvalue weighted by Gasteiger charge is -2.30. The van der Waals surface area contributed by atoms with Crippen molar-refractivity contribution in [3.8, 4) is 0 Å². The highest BCUT2D eigenvalue weighted by Gasteiger charge is 2.33. The van der Waals surface area contributed by atoms with Gasteiger partial charge in [-0.1, -0.05) is 11.6 Å². The van der Waals surface area contributed by atoms with Gasteiger partial charge < -0.3 is 5.32 Å². The standard InChI is InChI=1S/C10H12ClFN2/c11-9-5-8(6-14-7-9)10(12)1-3-13-4-2-10/h5-7,13H,1-4H2. The Hall–Kier alpha value is -0.670. The molecule has 0 aromatic carbocycles. The molecule has 1 N–H and O–H groups in total. The monoisotopic (exact) mass is 214 g/mol. The number of rotatable bonds is 1. The third kappa shape index (κ3) is 1.88. The molecule has 0 atom stereocenters. The smallest absolute Gasteiger partial charge is 0.140 e. The van der Waals surface area contributed by atoms with E-state index in [9.17, 15) is 4.39 Å². The van der Waals surface area contributed by atoms with Gasteiger partial charge in [0, 0.05) is 18.0 Å². The molecule has 0 radical (unpaired) electrons. The van der Waals surface area contributed by atoms with Crippen LogP contribution >= 0.6 is 11.6 Å². The molecule has 1 aliphatic heterocycles. The van der Waals surface area contributed by atoms with Crippen LogP contribution in [0.15, 0.2) is 18.5 Å². The molecule has 1 aromatic rings. The third-order valence-electron chi connectivity index (χ3n) is 2.62. The Kier molecular flexibility index (Phi) is 2.70. The number of halogens is 2. The van der Waals surface area contributed by atoms with Gasteiger partial charge in [-0.05, 0) is 32.0 Å². The van der Waals surface area contributed by atoms with Gasteiger partial charge in [0.15, 0.2) is 0 Å². The Morgan fingerprint density at radius 1 is 1.36 bits per heavy atom. The summed E-state index contributed by atoms with van der Waals surface area (Å²) >= 11 is 5.78. The van der Waals surface area contributed by atoms with Crippen LogP contribution in [0.1, 0.15) is 18.4 Å². The Labute approximate surface area is 87.5 Å². The topological polar surface area (TPSA) is 24.9 Å². The van der Waals surface area contributed by atoms with Gasteiger partial charge in [0.05, 0.1) is 5.02 Å². The lowest BCUT2D eigenvalue weighted by Crippen LogP contribution is -2.36. The van der Waals surface area contributed by atoms with Gasteiger partial charge in [-0.3, -0.25) is 4.98 Å². The van der Waals surface area contributed by atoms with Crippen LogP contribution in [0.25, 0.3) is 0 Å². The first-order valence-electron chi connectivity index (χ1n) is 4.71. The van der Waals surface area contributed by atoms with Gasteiger partial charge in [-0.15, -0.1) is 0 Å². The summed E-state index contributed by atoms with van der Waals surface area (Å²) < 4.78 is 14.3. The normalized spacial score (nSPS) is 20.7. The fraction of sp³-hybridized carbons (Fsp3) is 0.500. The molecule has 0 unspecified atom stereocenters. The van der Waals surface area contributed by atoms with E-state index in [1.54, 1.807) is 12.3 Å².